The molecule has 0 bridgehead atoms. The van der Waals surface area contributed by atoms with E-state index in [0.717, 1.165) is 0 Å². The smallest absolute Gasteiger partial charge is 0.252 e. The highest BCUT2D eigenvalue weighted by atomic mass is 15.3. The SMILES string of the molecule is CC(C)(C)c1cc2c3c(c1)C1(C)CCCCC1(C)N3c1cccc3c1B2c1cccc2c4c(n-3c12)-c1ccccc1C4(C)C. The van der Waals surface area contributed by atoms with Crippen molar-refractivity contribution in [2.45, 2.75) is 95.9 Å². The van der Waals surface area contributed by atoms with Gasteiger partial charge >= 0.3 is 0 Å². The lowest BCUT2D eigenvalue weighted by Crippen LogP contribution is -2.64. The zero-order valence-electron chi connectivity index (χ0n) is 27.2. The molecule has 3 aliphatic heterocycles. The van der Waals surface area contributed by atoms with Crippen molar-refractivity contribution in [1.29, 1.82) is 0 Å². The first-order chi connectivity index (χ1) is 21.0. The van der Waals surface area contributed by atoms with Crippen molar-refractivity contribution in [2.24, 2.45) is 0 Å². The number of nitrogens with zero attached hydrogens (tertiary/aromatic N) is 2. The van der Waals surface area contributed by atoms with Crippen LogP contribution in [0.3, 0.4) is 0 Å². The third-order valence-electron chi connectivity index (χ3n) is 13.0. The van der Waals surface area contributed by atoms with Crippen LogP contribution < -0.4 is 21.3 Å². The molecule has 1 saturated carbocycles. The molecule has 0 N–H and O–H groups in total. The Hall–Kier alpha value is -3.72. The predicted molar refractivity (Wildman–Crippen MR) is 187 cm³/mol. The van der Waals surface area contributed by atoms with Crippen LogP contribution in [0.2, 0.25) is 0 Å². The molecule has 0 saturated heterocycles. The molecule has 2 unspecified atom stereocenters. The molecule has 0 amide bonds. The second-order valence-corrected chi connectivity index (χ2v) is 16.5. The molecule has 1 aromatic heterocycles. The van der Waals surface area contributed by atoms with E-state index in [1.807, 2.05) is 0 Å². The van der Waals surface area contributed by atoms with Gasteiger partial charge in [0.15, 0.2) is 0 Å². The summed E-state index contributed by atoms with van der Waals surface area (Å²) in [5.41, 5.74) is 19.3. The van der Waals surface area contributed by atoms with Crippen molar-refractivity contribution in [1.82, 2.24) is 4.57 Å². The van der Waals surface area contributed by atoms with Gasteiger partial charge < -0.3 is 9.47 Å². The third-order valence-corrected chi connectivity index (χ3v) is 13.0. The lowest BCUT2D eigenvalue weighted by atomic mass is 9.33. The molecule has 44 heavy (non-hydrogen) atoms. The summed E-state index contributed by atoms with van der Waals surface area (Å²) in [6.45, 7) is 17.5. The van der Waals surface area contributed by atoms with Gasteiger partial charge in [-0.1, -0.05) is 115 Å². The number of hydrogen-bond donors (Lipinski definition) is 0. The zero-order chi connectivity index (χ0) is 30.1. The summed E-state index contributed by atoms with van der Waals surface area (Å²) in [4.78, 5) is 2.85. The monoisotopic (exact) mass is 572 g/mol. The van der Waals surface area contributed by atoms with Gasteiger partial charge in [-0.3, -0.25) is 0 Å². The molecule has 218 valence electrons. The summed E-state index contributed by atoms with van der Waals surface area (Å²) in [5.74, 6) is 0. The third kappa shape index (κ3) is 2.59. The van der Waals surface area contributed by atoms with Crippen LogP contribution in [0.25, 0.3) is 27.8 Å². The van der Waals surface area contributed by atoms with Gasteiger partial charge in [0.2, 0.25) is 0 Å². The van der Waals surface area contributed by atoms with Gasteiger partial charge in [-0.05, 0) is 76.0 Å². The van der Waals surface area contributed by atoms with E-state index in [0.29, 0.717) is 0 Å². The van der Waals surface area contributed by atoms with Gasteiger partial charge in [0, 0.05) is 44.4 Å². The van der Waals surface area contributed by atoms with Crippen LogP contribution in [-0.4, -0.2) is 16.8 Å². The van der Waals surface area contributed by atoms with Crippen LogP contribution in [-0.2, 0) is 16.2 Å². The van der Waals surface area contributed by atoms with Crippen LogP contribution >= 0.6 is 0 Å². The molecule has 2 atom stereocenters. The maximum absolute atomic E-state index is 2.85. The molecule has 1 fully saturated rings. The first-order valence-electron chi connectivity index (χ1n) is 16.9. The average molecular weight is 573 g/mol. The fourth-order valence-electron chi connectivity index (χ4n) is 10.7. The zero-order valence-corrected chi connectivity index (χ0v) is 27.2. The van der Waals surface area contributed by atoms with Gasteiger partial charge in [0.25, 0.3) is 6.71 Å². The van der Waals surface area contributed by atoms with Crippen LogP contribution in [0.15, 0.2) is 72.8 Å². The first kappa shape index (κ1) is 25.6. The summed E-state index contributed by atoms with van der Waals surface area (Å²) >= 11 is 0. The van der Waals surface area contributed by atoms with Gasteiger partial charge in [-0.2, -0.15) is 0 Å². The van der Waals surface area contributed by atoms with Crippen LogP contribution in [0.4, 0.5) is 11.4 Å². The molecule has 0 radical (unpaired) electrons. The molecule has 0 spiro atoms. The number of benzene rings is 4. The molecule has 3 heteroatoms. The van der Waals surface area contributed by atoms with E-state index in [9.17, 15) is 0 Å². The van der Waals surface area contributed by atoms with Gasteiger partial charge in [-0.15, -0.1) is 0 Å². The number of hydrogen-bond acceptors (Lipinski definition) is 1. The van der Waals surface area contributed by atoms with E-state index in [1.54, 1.807) is 5.56 Å². The Labute approximate surface area is 262 Å². The molecular formula is C41H41BN2. The molecule has 2 aliphatic carbocycles. The lowest BCUT2D eigenvalue weighted by Gasteiger charge is -2.52. The van der Waals surface area contributed by atoms with Crippen LogP contribution in [0.5, 0.6) is 0 Å². The van der Waals surface area contributed by atoms with Gasteiger partial charge in [0.1, 0.15) is 0 Å². The average Bonchev–Trinajstić information content (AvgIpc) is 3.55. The quantitative estimate of drug-likeness (QED) is 0.167. The second-order valence-electron chi connectivity index (χ2n) is 16.5. The Morgan fingerprint density at radius 1 is 0.750 bits per heavy atom. The highest BCUT2D eigenvalue weighted by molar-refractivity contribution is 7.00. The second kappa shape index (κ2) is 7.56. The summed E-state index contributed by atoms with van der Waals surface area (Å²) < 4.78 is 2.68. The van der Waals surface area contributed by atoms with E-state index in [4.69, 9.17) is 0 Å². The minimum absolute atomic E-state index is 0.0504. The Balaban J connectivity index is 1.39. The standard InChI is InChI=1S/C41H41BN2/c1-38(2,3)24-22-28-37-30(23-24)42-29-17-12-15-26-33-36(25-14-8-9-16-27(25)39(33,4)5)43(35(26)29)31-18-13-19-32(34(31)42)44(37)41(7)21-11-10-20-40(28,41)6/h8-9,12-19,22-23H,10-11,20-21H2,1-7H3. The fraction of sp³-hybridized carbons (Fsp3) is 0.366. The molecular weight excluding hydrogens is 531 g/mol. The van der Waals surface area contributed by atoms with Crippen molar-refractivity contribution in [3.63, 3.8) is 0 Å². The predicted octanol–water partition coefficient (Wildman–Crippen LogP) is 8.12. The molecule has 5 aromatic rings. The van der Waals surface area contributed by atoms with E-state index >= 15 is 0 Å². The Kier molecular flexibility index (Phi) is 4.40. The van der Waals surface area contributed by atoms with E-state index in [-0.39, 0.29) is 28.5 Å². The minimum Gasteiger partial charge on any atom is -0.335 e. The molecule has 4 aromatic carbocycles. The summed E-state index contributed by atoms with van der Waals surface area (Å²) in [6.07, 6.45) is 5.11. The van der Waals surface area contributed by atoms with Gasteiger partial charge in [0.05, 0.1) is 11.2 Å². The topological polar surface area (TPSA) is 8.17 Å². The highest BCUT2D eigenvalue weighted by Gasteiger charge is 2.61. The van der Waals surface area contributed by atoms with Crippen LogP contribution in [0, 0.1) is 0 Å². The van der Waals surface area contributed by atoms with Crippen LogP contribution in [0.1, 0.15) is 96.4 Å². The van der Waals surface area contributed by atoms with E-state index in [2.05, 4.69) is 131 Å². The molecule has 10 rings (SSSR count). The number of rotatable bonds is 0. The Bertz CT molecular complexity index is 2140. The lowest BCUT2D eigenvalue weighted by molar-refractivity contribution is 0.195. The minimum atomic E-state index is -0.0504. The van der Waals surface area contributed by atoms with Gasteiger partial charge in [-0.25, -0.2) is 0 Å². The van der Waals surface area contributed by atoms with Crippen molar-refractivity contribution in [2.75, 3.05) is 4.90 Å². The summed E-state index contributed by atoms with van der Waals surface area (Å²) in [6, 6.07) is 28.8. The molecule has 4 heterocycles. The van der Waals surface area contributed by atoms with Crippen molar-refractivity contribution >= 4 is 45.4 Å². The normalized spacial score (nSPS) is 24.6. The fourth-order valence-corrected chi connectivity index (χ4v) is 10.7. The molecule has 2 nitrogen and oxygen atoms in total. The maximum atomic E-state index is 2.85. The van der Waals surface area contributed by atoms with Crippen molar-refractivity contribution < 1.29 is 0 Å². The number of fused-ring (bicyclic) bond motifs is 12. The summed E-state index contributed by atoms with van der Waals surface area (Å²) in [5, 5.41) is 1.42. The Morgan fingerprint density at radius 3 is 2.32 bits per heavy atom. The largest absolute Gasteiger partial charge is 0.335 e. The number of aromatic nitrogens is 1. The first-order valence-corrected chi connectivity index (χ1v) is 16.9. The highest BCUT2D eigenvalue weighted by Crippen LogP contribution is 2.62. The number of anilines is 2. The molecule has 5 aliphatic rings. The van der Waals surface area contributed by atoms with Crippen molar-refractivity contribution in [3.05, 3.63) is 95.1 Å². The van der Waals surface area contributed by atoms with E-state index < -0.39 is 0 Å². The van der Waals surface area contributed by atoms with Crippen molar-refractivity contribution in [3.8, 4) is 16.9 Å². The number of para-hydroxylation sites is 1. The summed E-state index contributed by atoms with van der Waals surface area (Å²) in [7, 11) is 0. The maximum Gasteiger partial charge on any atom is 0.252 e. The van der Waals surface area contributed by atoms with E-state index in [1.165, 1.54) is 98.0 Å². The Morgan fingerprint density at radius 2 is 1.50 bits per heavy atom.